The minimum atomic E-state index is -1.06. The average Bonchev–Trinajstić information content (AvgIpc) is 2.86. The second kappa shape index (κ2) is 6.51. The number of hydrogen-bond donors (Lipinski definition) is 2. The lowest BCUT2D eigenvalue weighted by Gasteiger charge is -2.22. The van der Waals surface area contributed by atoms with Crippen molar-refractivity contribution in [2.24, 2.45) is 0 Å². The molecule has 0 aliphatic carbocycles. The number of carboxylic acid groups (broad SMARTS) is 1. The van der Waals surface area contributed by atoms with Crippen LogP contribution >= 0.6 is 23.2 Å². The molecular formula is C13H14Cl2N2O4. The first-order valence-corrected chi connectivity index (χ1v) is 6.96. The van der Waals surface area contributed by atoms with E-state index in [1.54, 1.807) is 12.1 Å². The molecule has 6 nitrogen and oxygen atoms in total. The molecule has 2 unspecified atom stereocenters. The summed E-state index contributed by atoms with van der Waals surface area (Å²) in [5, 5.41) is 12.5. The van der Waals surface area contributed by atoms with E-state index in [2.05, 4.69) is 5.32 Å². The number of urea groups is 1. The number of carbonyl (C=O) groups is 2. The molecule has 0 aromatic heterocycles. The molecule has 21 heavy (non-hydrogen) atoms. The van der Waals surface area contributed by atoms with Crippen molar-refractivity contribution in [2.75, 3.05) is 19.0 Å². The van der Waals surface area contributed by atoms with E-state index in [0.717, 1.165) is 0 Å². The Morgan fingerprint density at radius 2 is 2.14 bits per heavy atom. The first kappa shape index (κ1) is 15.9. The Morgan fingerprint density at radius 3 is 2.71 bits per heavy atom. The highest BCUT2D eigenvalue weighted by molar-refractivity contribution is 6.36. The quantitative estimate of drug-likeness (QED) is 0.891. The van der Waals surface area contributed by atoms with Gasteiger partial charge < -0.3 is 20.1 Å². The highest BCUT2D eigenvalue weighted by atomic mass is 35.5. The number of carbonyl (C=O) groups excluding carboxylic acids is 1. The van der Waals surface area contributed by atoms with Crippen LogP contribution in [0.25, 0.3) is 0 Å². The van der Waals surface area contributed by atoms with Crippen LogP contribution in [0, 0.1) is 0 Å². The Labute approximate surface area is 131 Å². The summed E-state index contributed by atoms with van der Waals surface area (Å²) in [6, 6.07) is 3.18. The lowest BCUT2D eigenvalue weighted by molar-refractivity contribution is -0.141. The standard InChI is InChI=1S/C13H14Cl2N2O4/c1-21-8-5-11(12(18)19)17(6-8)13(20)16-10-3-2-7(14)4-9(10)15/h2-4,8,11H,5-6H2,1H3,(H,16,20)(H,18,19). The van der Waals surface area contributed by atoms with Crippen molar-refractivity contribution in [3.05, 3.63) is 28.2 Å². The molecule has 1 fully saturated rings. The van der Waals surface area contributed by atoms with Crippen molar-refractivity contribution in [3.63, 3.8) is 0 Å². The van der Waals surface area contributed by atoms with Gasteiger partial charge in [-0.25, -0.2) is 9.59 Å². The summed E-state index contributed by atoms with van der Waals surface area (Å²) in [5.74, 6) is -1.06. The molecule has 2 atom stereocenters. The van der Waals surface area contributed by atoms with E-state index < -0.39 is 18.0 Å². The number of anilines is 1. The molecule has 2 N–H and O–H groups in total. The minimum absolute atomic E-state index is 0.213. The molecule has 0 radical (unpaired) electrons. The minimum Gasteiger partial charge on any atom is -0.480 e. The molecule has 0 saturated carbocycles. The van der Waals surface area contributed by atoms with Gasteiger partial charge in [-0.05, 0) is 18.2 Å². The van der Waals surface area contributed by atoms with Crippen LogP contribution in [-0.2, 0) is 9.53 Å². The largest absolute Gasteiger partial charge is 0.480 e. The second-order valence-electron chi connectivity index (χ2n) is 4.65. The fourth-order valence-corrected chi connectivity index (χ4v) is 2.66. The topological polar surface area (TPSA) is 78.9 Å². The summed E-state index contributed by atoms with van der Waals surface area (Å²) in [6.07, 6.45) is -0.0364. The maximum atomic E-state index is 12.2. The first-order chi connectivity index (χ1) is 9.92. The Hall–Kier alpha value is -1.50. The van der Waals surface area contributed by atoms with E-state index in [1.165, 1.54) is 18.1 Å². The molecule has 1 saturated heterocycles. The number of nitrogens with one attached hydrogen (secondary N) is 1. The number of carboxylic acids is 1. The maximum absolute atomic E-state index is 12.2. The van der Waals surface area contributed by atoms with Crippen molar-refractivity contribution in [1.29, 1.82) is 0 Å². The van der Waals surface area contributed by atoms with E-state index in [1.807, 2.05) is 0 Å². The van der Waals surface area contributed by atoms with E-state index in [0.29, 0.717) is 10.7 Å². The van der Waals surface area contributed by atoms with Crippen LogP contribution in [0.5, 0.6) is 0 Å². The fourth-order valence-electron chi connectivity index (χ4n) is 2.20. The van der Waals surface area contributed by atoms with Crippen LogP contribution in [-0.4, -0.2) is 47.8 Å². The second-order valence-corrected chi connectivity index (χ2v) is 5.50. The zero-order valence-corrected chi connectivity index (χ0v) is 12.7. The van der Waals surface area contributed by atoms with Crippen molar-refractivity contribution < 1.29 is 19.4 Å². The van der Waals surface area contributed by atoms with Crippen LogP contribution in [0.15, 0.2) is 18.2 Å². The van der Waals surface area contributed by atoms with Crippen molar-refractivity contribution in [1.82, 2.24) is 4.90 Å². The third kappa shape index (κ3) is 3.58. The molecule has 0 spiro atoms. The predicted molar refractivity (Wildman–Crippen MR) is 79.0 cm³/mol. The molecule has 1 aromatic rings. The van der Waals surface area contributed by atoms with Gasteiger partial charge >= 0.3 is 12.0 Å². The molecule has 8 heteroatoms. The Bertz CT molecular complexity index is 567. The number of ether oxygens (including phenoxy) is 1. The summed E-state index contributed by atoms with van der Waals surface area (Å²) in [6.45, 7) is 0.213. The number of nitrogens with zero attached hydrogens (tertiary/aromatic N) is 1. The van der Waals surface area contributed by atoms with Gasteiger partial charge in [-0.1, -0.05) is 23.2 Å². The molecule has 114 valence electrons. The average molecular weight is 333 g/mol. The van der Waals surface area contributed by atoms with Gasteiger partial charge in [0.1, 0.15) is 6.04 Å². The number of methoxy groups -OCH3 is 1. The molecule has 2 rings (SSSR count). The smallest absolute Gasteiger partial charge is 0.326 e. The zero-order chi connectivity index (χ0) is 15.6. The van der Waals surface area contributed by atoms with Gasteiger partial charge in [-0.3, -0.25) is 0 Å². The SMILES string of the molecule is COC1CC(C(=O)O)N(C(=O)Nc2ccc(Cl)cc2Cl)C1. The molecule has 1 aliphatic heterocycles. The van der Waals surface area contributed by atoms with Crippen LogP contribution < -0.4 is 5.32 Å². The summed E-state index contributed by atoms with van der Waals surface area (Å²) < 4.78 is 5.13. The Morgan fingerprint density at radius 1 is 1.43 bits per heavy atom. The summed E-state index contributed by atoms with van der Waals surface area (Å²) in [7, 11) is 1.49. The number of halogens is 2. The number of aliphatic carboxylic acids is 1. The summed E-state index contributed by atoms with van der Waals surface area (Å²) in [5.41, 5.74) is 0.371. The Kier molecular flexibility index (Phi) is 4.92. The number of amides is 2. The van der Waals surface area contributed by atoms with E-state index in [9.17, 15) is 14.7 Å². The molecule has 0 bridgehead atoms. The highest BCUT2D eigenvalue weighted by Gasteiger charge is 2.40. The number of likely N-dealkylation sites (tertiary alicyclic amines) is 1. The van der Waals surface area contributed by atoms with Gasteiger partial charge in [-0.15, -0.1) is 0 Å². The van der Waals surface area contributed by atoms with Crippen LogP contribution in [0.3, 0.4) is 0 Å². The van der Waals surface area contributed by atoms with E-state index in [4.69, 9.17) is 27.9 Å². The molecule has 1 heterocycles. The number of hydrogen-bond acceptors (Lipinski definition) is 3. The van der Waals surface area contributed by atoms with Gasteiger partial charge in [0.15, 0.2) is 0 Å². The van der Waals surface area contributed by atoms with E-state index in [-0.39, 0.29) is 24.1 Å². The molecular weight excluding hydrogens is 319 g/mol. The third-order valence-electron chi connectivity index (χ3n) is 3.31. The van der Waals surface area contributed by atoms with Crippen LogP contribution in [0.4, 0.5) is 10.5 Å². The molecule has 1 aromatic carbocycles. The molecule has 2 amide bonds. The summed E-state index contributed by atoms with van der Waals surface area (Å²) >= 11 is 11.8. The predicted octanol–water partition coefficient (Wildman–Crippen LogP) is 2.70. The number of benzene rings is 1. The van der Waals surface area contributed by atoms with Gasteiger partial charge in [0.2, 0.25) is 0 Å². The van der Waals surface area contributed by atoms with Crippen molar-refractivity contribution >= 4 is 40.9 Å². The highest BCUT2D eigenvalue weighted by Crippen LogP contribution is 2.27. The fraction of sp³-hybridized carbons (Fsp3) is 0.385. The summed E-state index contributed by atoms with van der Waals surface area (Å²) in [4.78, 5) is 24.7. The van der Waals surface area contributed by atoms with E-state index >= 15 is 0 Å². The van der Waals surface area contributed by atoms with Gasteiger partial charge in [-0.2, -0.15) is 0 Å². The van der Waals surface area contributed by atoms with Crippen molar-refractivity contribution in [3.8, 4) is 0 Å². The Balaban J connectivity index is 2.13. The van der Waals surface area contributed by atoms with Gasteiger partial charge in [0.25, 0.3) is 0 Å². The first-order valence-electron chi connectivity index (χ1n) is 6.20. The monoisotopic (exact) mass is 332 g/mol. The molecule has 1 aliphatic rings. The van der Waals surface area contributed by atoms with Crippen molar-refractivity contribution in [2.45, 2.75) is 18.6 Å². The lowest BCUT2D eigenvalue weighted by atomic mass is 10.2. The zero-order valence-electron chi connectivity index (χ0n) is 11.2. The van der Waals surface area contributed by atoms with Gasteiger partial charge in [0, 0.05) is 25.1 Å². The lowest BCUT2D eigenvalue weighted by Crippen LogP contribution is -2.43. The van der Waals surface area contributed by atoms with Crippen LogP contribution in [0.1, 0.15) is 6.42 Å². The third-order valence-corrected chi connectivity index (χ3v) is 3.86. The maximum Gasteiger partial charge on any atom is 0.326 e. The van der Waals surface area contributed by atoms with Crippen LogP contribution in [0.2, 0.25) is 10.0 Å². The van der Waals surface area contributed by atoms with Gasteiger partial charge in [0.05, 0.1) is 16.8 Å². The number of rotatable bonds is 3. The normalized spacial score (nSPS) is 21.4.